The highest BCUT2D eigenvalue weighted by molar-refractivity contribution is 5.78. The average Bonchev–Trinajstić information content (AvgIpc) is 2.05. The quantitative estimate of drug-likeness (QED) is 0.403. The molecule has 0 aromatic heterocycles. The SMILES string of the molecule is C#CCC(=O)NCCOCCO. The van der Waals surface area contributed by atoms with Gasteiger partial charge in [0, 0.05) is 6.54 Å². The molecule has 68 valence electrons. The van der Waals surface area contributed by atoms with Crippen LogP contribution in [0, 0.1) is 12.3 Å². The van der Waals surface area contributed by atoms with Gasteiger partial charge >= 0.3 is 0 Å². The standard InChI is InChI=1S/C8H13NO3/c1-2-3-8(11)9-4-6-12-7-5-10/h1,10H,3-7H2,(H,9,11). The molecule has 0 heterocycles. The number of aliphatic hydroxyl groups excluding tert-OH is 1. The maximum Gasteiger partial charge on any atom is 0.232 e. The van der Waals surface area contributed by atoms with Crippen molar-refractivity contribution in [1.82, 2.24) is 5.32 Å². The van der Waals surface area contributed by atoms with E-state index in [9.17, 15) is 4.79 Å². The normalized spacial score (nSPS) is 9.00. The molecular formula is C8H13NO3. The molecule has 0 atom stereocenters. The van der Waals surface area contributed by atoms with Crippen molar-refractivity contribution in [3.63, 3.8) is 0 Å². The molecule has 0 aliphatic heterocycles. The molecule has 0 radical (unpaired) electrons. The van der Waals surface area contributed by atoms with Gasteiger partial charge in [0.05, 0.1) is 26.2 Å². The number of carbonyl (C=O) groups excluding carboxylic acids is 1. The van der Waals surface area contributed by atoms with Crippen LogP contribution in [0.1, 0.15) is 6.42 Å². The molecule has 0 saturated carbocycles. The summed E-state index contributed by atoms with van der Waals surface area (Å²) in [4.78, 5) is 10.7. The molecule has 0 aliphatic carbocycles. The first-order valence-corrected chi connectivity index (χ1v) is 3.70. The molecule has 0 aromatic carbocycles. The molecule has 4 heteroatoms. The Morgan fingerprint density at radius 2 is 2.33 bits per heavy atom. The first kappa shape index (κ1) is 11.0. The van der Waals surface area contributed by atoms with E-state index in [2.05, 4.69) is 11.2 Å². The highest BCUT2D eigenvalue weighted by atomic mass is 16.5. The summed E-state index contributed by atoms with van der Waals surface area (Å²) in [6, 6.07) is 0. The lowest BCUT2D eigenvalue weighted by molar-refractivity contribution is -0.120. The molecule has 1 amide bonds. The molecule has 2 N–H and O–H groups in total. The summed E-state index contributed by atoms with van der Waals surface area (Å²) in [6.07, 6.45) is 5.00. The third-order valence-corrected chi connectivity index (χ3v) is 1.07. The van der Waals surface area contributed by atoms with Crippen molar-refractivity contribution >= 4 is 5.91 Å². The maximum atomic E-state index is 10.7. The number of aliphatic hydroxyl groups is 1. The molecule has 4 nitrogen and oxygen atoms in total. The van der Waals surface area contributed by atoms with Gasteiger partial charge in [-0.2, -0.15) is 0 Å². The minimum Gasteiger partial charge on any atom is -0.394 e. The van der Waals surface area contributed by atoms with Gasteiger partial charge in [-0.25, -0.2) is 0 Å². The fourth-order valence-corrected chi connectivity index (χ4v) is 0.584. The number of terminal acetylenes is 1. The minimum atomic E-state index is -0.176. The molecule has 12 heavy (non-hydrogen) atoms. The Morgan fingerprint density at radius 3 is 2.92 bits per heavy atom. The number of rotatable bonds is 6. The van der Waals surface area contributed by atoms with E-state index in [1.54, 1.807) is 0 Å². The van der Waals surface area contributed by atoms with Crippen LogP contribution >= 0.6 is 0 Å². The first-order chi connectivity index (χ1) is 5.81. The molecule has 0 bridgehead atoms. The number of ether oxygens (including phenoxy) is 1. The smallest absolute Gasteiger partial charge is 0.232 e. The van der Waals surface area contributed by atoms with Crippen molar-refractivity contribution in [1.29, 1.82) is 0 Å². The van der Waals surface area contributed by atoms with Gasteiger partial charge in [-0.1, -0.05) is 5.92 Å². The molecule has 0 saturated heterocycles. The Balaban J connectivity index is 3.10. The number of carbonyl (C=O) groups is 1. The summed E-state index contributed by atoms with van der Waals surface area (Å²) in [6.45, 7) is 1.13. The van der Waals surface area contributed by atoms with Gasteiger partial charge < -0.3 is 15.2 Å². The molecule has 0 fully saturated rings. The Kier molecular flexibility index (Phi) is 7.35. The zero-order valence-electron chi connectivity index (χ0n) is 6.88. The van der Waals surface area contributed by atoms with Crippen molar-refractivity contribution in [2.45, 2.75) is 6.42 Å². The third kappa shape index (κ3) is 7.06. The van der Waals surface area contributed by atoms with E-state index in [-0.39, 0.29) is 18.9 Å². The maximum absolute atomic E-state index is 10.7. The fourth-order valence-electron chi connectivity index (χ4n) is 0.584. The van der Waals surface area contributed by atoms with E-state index in [0.29, 0.717) is 19.8 Å². The Labute approximate surface area is 71.9 Å². The summed E-state index contributed by atoms with van der Waals surface area (Å²) in [5, 5.41) is 10.9. The number of nitrogens with one attached hydrogen (secondary N) is 1. The number of hydrogen-bond donors (Lipinski definition) is 2. The second kappa shape index (κ2) is 8.05. The van der Waals surface area contributed by atoms with Crippen LogP contribution in [0.2, 0.25) is 0 Å². The predicted octanol–water partition coefficient (Wildman–Crippen LogP) is -0.865. The largest absolute Gasteiger partial charge is 0.394 e. The van der Waals surface area contributed by atoms with Crippen molar-refractivity contribution in [2.24, 2.45) is 0 Å². The van der Waals surface area contributed by atoms with E-state index >= 15 is 0 Å². The Bertz CT molecular complexity index is 162. The molecular weight excluding hydrogens is 158 g/mol. The molecule has 0 unspecified atom stereocenters. The van der Waals surface area contributed by atoms with Gasteiger partial charge in [0.1, 0.15) is 0 Å². The lowest BCUT2D eigenvalue weighted by Crippen LogP contribution is -2.26. The van der Waals surface area contributed by atoms with Crippen LogP contribution < -0.4 is 5.32 Å². The van der Waals surface area contributed by atoms with Crippen molar-refractivity contribution in [3.05, 3.63) is 0 Å². The number of hydrogen-bond acceptors (Lipinski definition) is 3. The second-order valence-electron chi connectivity index (χ2n) is 2.07. The average molecular weight is 171 g/mol. The number of amides is 1. The molecule has 0 rings (SSSR count). The monoisotopic (exact) mass is 171 g/mol. The summed E-state index contributed by atoms with van der Waals surface area (Å²) < 4.78 is 4.89. The summed E-state index contributed by atoms with van der Waals surface area (Å²) >= 11 is 0. The topological polar surface area (TPSA) is 58.6 Å². The molecule has 0 aromatic rings. The molecule has 0 spiro atoms. The van der Waals surface area contributed by atoms with Crippen LogP contribution in [0.5, 0.6) is 0 Å². The first-order valence-electron chi connectivity index (χ1n) is 3.70. The van der Waals surface area contributed by atoms with Crippen molar-refractivity contribution in [2.75, 3.05) is 26.4 Å². The third-order valence-electron chi connectivity index (χ3n) is 1.07. The van der Waals surface area contributed by atoms with Gasteiger partial charge in [0.15, 0.2) is 0 Å². The van der Waals surface area contributed by atoms with Crippen LogP contribution in [-0.4, -0.2) is 37.4 Å². The van der Waals surface area contributed by atoms with Crippen LogP contribution in [-0.2, 0) is 9.53 Å². The van der Waals surface area contributed by atoms with Crippen molar-refractivity contribution in [3.8, 4) is 12.3 Å². The highest BCUT2D eigenvalue weighted by Crippen LogP contribution is 1.76. The van der Waals surface area contributed by atoms with Gasteiger partial charge in [0.2, 0.25) is 5.91 Å². The minimum absolute atomic E-state index is 0.00168. The van der Waals surface area contributed by atoms with E-state index < -0.39 is 0 Å². The fraction of sp³-hybridized carbons (Fsp3) is 0.625. The van der Waals surface area contributed by atoms with E-state index in [0.717, 1.165) is 0 Å². The Hall–Kier alpha value is -1.05. The highest BCUT2D eigenvalue weighted by Gasteiger charge is 1.95. The van der Waals surface area contributed by atoms with E-state index in [4.69, 9.17) is 16.3 Å². The van der Waals surface area contributed by atoms with Gasteiger partial charge in [-0.05, 0) is 0 Å². The van der Waals surface area contributed by atoms with Crippen LogP contribution in [0.15, 0.2) is 0 Å². The Morgan fingerprint density at radius 1 is 1.58 bits per heavy atom. The zero-order chi connectivity index (χ0) is 9.23. The van der Waals surface area contributed by atoms with Crippen molar-refractivity contribution < 1.29 is 14.6 Å². The lowest BCUT2D eigenvalue weighted by Gasteiger charge is -2.02. The summed E-state index contributed by atoms with van der Waals surface area (Å²) in [7, 11) is 0. The van der Waals surface area contributed by atoms with Crippen LogP contribution in [0.3, 0.4) is 0 Å². The lowest BCUT2D eigenvalue weighted by atomic mass is 10.4. The zero-order valence-corrected chi connectivity index (χ0v) is 6.88. The van der Waals surface area contributed by atoms with Crippen LogP contribution in [0.25, 0.3) is 0 Å². The van der Waals surface area contributed by atoms with Gasteiger partial charge in [-0.3, -0.25) is 4.79 Å². The van der Waals surface area contributed by atoms with E-state index in [1.165, 1.54) is 0 Å². The van der Waals surface area contributed by atoms with Gasteiger partial charge in [0.25, 0.3) is 0 Å². The second-order valence-corrected chi connectivity index (χ2v) is 2.07. The molecule has 0 aliphatic rings. The predicted molar refractivity (Wildman–Crippen MR) is 44.4 cm³/mol. The van der Waals surface area contributed by atoms with E-state index in [1.807, 2.05) is 0 Å². The van der Waals surface area contributed by atoms with Gasteiger partial charge in [-0.15, -0.1) is 6.42 Å². The summed E-state index contributed by atoms with van der Waals surface area (Å²) in [5.74, 6) is 2.05. The summed E-state index contributed by atoms with van der Waals surface area (Å²) in [5.41, 5.74) is 0. The van der Waals surface area contributed by atoms with Crippen LogP contribution in [0.4, 0.5) is 0 Å².